The number of hydrogen-bond donors (Lipinski definition) is 0. The molecule has 2 heterocycles. The van der Waals surface area contributed by atoms with Crippen molar-refractivity contribution < 1.29 is 4.79 Å². The molecule has 1 fully saturated rings. The van der Waals surface area contributed by atoms with Gasteiger partial charge in [-0.3, -0.25) is 9.69 Å². The Morgan fingerprint density at radius 3 is 2.38 bits per heavy atom. The standard InChI is InChI=1S/C21H23ClN6O/c1-16-2-8-19(9-3-16)28-20(23-24-25-28)15-26-10-12-27(13-11-26)21(29)14-17-4-6-18(22)7-5-17/h2-9H,10-15H2,1H3. The van der Waals surface area contributed by atoms with Crippen LogP contribution in [-0.2, 0) is 17.8 Å². The predicted molar refractivity (Wildman–Crippen MR) is 111 cm³/mol. The third-order valence-corrected chi connectivity index (χ3v) is 5.42. The molecule has 1 aliphatic rings. The van der Waals surface area contributed by atoms with Crippen LogP contribution in [0.4, 0.5) is 0 Å². The molecule has 0 saturated carbocycles. The lowest BCUT2D eigenvalue weighted by atomic mass is 10.1. The molecule has 4 rings (SSSR count). The van der Waals surface area contributed by atoms with Crippen LogP contribution >= 0.6 is 11.6 Å². The van der Waals surface area contributed by atoms with E-state index in [4.69, 9.17) is 11.6 Å². The Kier molecular flexibility index (Phi) is 5.87. The molecule has 0 spiro atoms. The summed E-state index contributed by atoms with van der Waals surface area (Å²) in [5, 5.41) is 12.9. The number of aryl methyl sites for hydroxylation is 1. The molecular formula is C21H23ClN6O. The molecule has 0 N–H and O–H groups in total. The van der Waals surface area contributed by atoms with E-state index < -0.39 is 0 Å². The minimum absolute atomic E-state index is 0.150. The van der Waals surface area contributed by atoms with Crippen molar-refractivity contribution in [1.29, 1.82) is 0 Å². The van der Waals surface area contributed by atoms with Gasteiger partial charge in [-0.1, -0.05) is 41.4 Å². The number of amides is 1. The van der Waals surface area contributed by atoms with Crippen molar-refractivity contribution in [2.45, 2.75) is 19.9 Å². The number of tetrazole rings is 1. The van der Waals surface area contributed by atoms with Gasteiger partial charge in [-0.25, -0.2) is 0 Å². The van der Waals surface area contributed by atoms with Crippen molar-refractivity contribution in [3.05, 3.63) is 70.5 Å². The van der Waals surface area contributed by atoms with Crippen LogP contribution in [0.15, 0.2) is 48.5 Å². The average Bonchev–Trinajstić information content (AvgIpc) is 3.19. The van der Waals surface area contributed by atoms with Gasteiger partial charge in [0.2, 0.25) is 5.91 Å². The molecule has 1 amide bonds. The van der Waals surface area contributed by atoms with Gasteiger partial charge >= 0.3 is 0 Å². The summed E-state index contributed by atoms with van der Waals surface area (Å²) in [7, 11) is 0. The highest BCUT2D eigenvalue weighted by atomic mass is 35.5. The Balaban J connectivity index is 1.32. The molecule has 2 aromatic carbocycles. The molecule has 0 bridgehead atoms. The topological polar surface area (TPSA) is 67.2 Å². The van der Waals surface area contributed by atoms with Crippen molar-refractivity contribution in [3.8, 4) is 5.69 Å². The lowest BCUT2D eigenvalue weighted by Gasteiger charge is -2.34. The lowest BCUT2D eigenvalue weighted by molar-refractivity contribution is -0.132. The maximum atomic E-state index is 12.6. The monoisotopic (exact) mass is 410 g/mol. The SMILES string of the molecule is Cc1ccc(-n2nnnc2CN2CCN(C(=O)Cc3ccc(Cl)cc3)CC2)cc1. The fourth-order valence-corrected chi connectivity index (χ4v) is 3.56. The van der Waals surface area contributed by atoms with Crippen LogP contribution in [0.25, 0.3) is 5.69 Å². The zero-order chi connectivity index (χ0) is 20.2. The number of nitrogens with zero attached hydrogens (tertiary/aromatic N) is 6. The quantitative estimate of drug-likeness (QED) is 0.646. The van der Waals surface area contributed by atoms with Gasteiger partial charge < -0.3 is 4.90 Å². The molecule has 8 heteroatoms. The van der Waals surface area contributed by atoms with Crippen molar-refractivity contribution in [2.75, 3.05) is 26.2 Å². The van der Waals surface area contributed by atoms with Crippen LogP contribution in [-0.4, -0.2) is 62.1 Å². The van der Waals surface area contributed by atoms with Crippen LogP contribution in [0, 0.1) is 6.92 Å². The molecule has 0 radical (unpaired) electrons. The van der Waals surface area contributed by atoms with E-state index in [1.807, 2.05) is 53.4 Å². The fraction of sp³-hybridized carbons (Fsp3) is 0.333. The number of benzene rings is 2. The number of piperazine rings is 1. The van der Waals surface area contributed by atoms with Crippen LogP contribution in [0.2, 0.25) is 5.02 Å². The molecule has 7 nitrogen and oxygen atoms in total. The molecule has 1 saturated heterocycles. The Bertz CT molecular complexity index is 962. The number of carbonyl (C=O) groups excluding carboxylic acids is 1. The van der Waals surface area contributed by atoms with E-state index in [2.05, 4.69) is 27.3 Å². The van der Waals surface area contributed by atoms with E-state index in [-0.39, 0.29) is 5.91 Å². The van der Waals surface area contributed by atoms with Gasteiger partial charge in [0.1, 0.15) is 0 Å². The average molecular weight is 411 g/mol. The second kappa shape index (κ2) is 8.71. The van der Waals surface area contributed by atoms with E-state index in [1.165, 1.54) is 5.56 Å². The van der Waals surface area contributed by atoms with Crippen LogP contribution in [0.3, 0.4) is 0 Å². The highest BCUT2D eigenvalue weighted by molar-refractivity contribution is 6.30. The van der Waals surface area contributed by atoms with Crippen LogP contribution in [0.1, 0.15) is 17.0 Å². The largest absolute Gasteiger partial charge is 0.340 e. The summed E-state index contributed by atoms with van der Waals surface area (Å²) < 4.78 is 1.78. The molecule has 0 atom stereocenters. The van der Waals surface area contributed by atoms with Gasteiger partial charge in [0.25, 0.3) is 0 Å². The van der Waals surface area contributed by atoms with Crippen LogP contribution in [0.5, 0.6) is 0 Å². The Hall–Kier alpha value is -2.77. The van der Waals surface area contributed by atoms with Crippen molar-refractivity contribution in [1.82, 2.24) is 30.0 Å². The minimum Gasteiger partial charge on any atom is -0.340 e. The lowest BCUT2D eigenvalue weighted by Crippen LogP contribution is -2.48. The maximum Gasteiger partial charge on any atom is 0.227 e. The highest BCUT2D eigenvalue weighted by Crippen LogP contribution is 2.14. The second-order valence-corrected chi connectivity index (χ2v) is 7.74. The first-order valence-corrected chi connectivity index (χ1v) is 10.1. The van der Waals surface area contributed by atoms with E-state index in [0.29, 0.717) is 31.1 Å². The molecule has 0 unspecified atom stereocenters. The Labute approximate surface area is 174 Å². The first-order valence-electron chi connectivity index (χ1n) is 9.67. The van der Waals surface area contributed by atoms with Gasteiger partial charge in [0.05, 0.1) is 18.7 Å². The van der Waals surface area contributed by atoms with Gasteiger partial charge in [-0.15, -0.1) is 5.10 Å². The van der Waals surface area contributed by atoms with Gasteiger partial charge in [0.15, 0.2) is 5.82 Å². The summed E-state index contributed by atoms with van der Waals surface area (Å²) in [6.45, 7) is 5.72. The Morgan fingerprint density at radius 2 is 1.69 bits per heavy atom. The van der Waals surface area contributed by atoms with Gasteiger partial charge in [-0.2, -0.15) is 4.68 Å². The van der Waals surface area contributed by atoms with Crippen molar-refractivity contribution in [3.63, 3.8) is 0 Å². The summed E-state index contributed by atoms with van der Waals surface area (Å²) in [6.07, 6.45) is 0.406. The number of halogens is 1. The molecular weight excluding hydrogens is 388 g/mol. The summed E-state index contributed by atoms with van der Waals surface area (Å²) in [5.74, 6) is 0.950. The summed E-state index contributed by atoms with van der Waals surface area (Å²) in [6, 6.07) is 15.6. The van der Waals surface area contributed by atoms with Crippen LogP contribution < -0.4 is 0 Å². The number of rotatable bonds is 5. The fourth-order valence-electron chi connectivity index (χ4n) is 3.43. The first kappa shape index (κ1) is 19.5. The summed E-state index contributed by atoms with van der Waals surface area (Å²) >= 11 is 5.91. The minimum atomic E-state index is 0.150. The van der Waals surface area contributed by atoms with E-state index >= 15 is 0 Å². The first-order chi connectivity index (χ1) is 14.1. The molecule has 1 aromatic heterocycles. The third kappa shape index (κ3) is 4.81. The second-order valence-electron chi connectivity index (χ2n) is 7.30. The number of aromatic nitrogens is 4. The highest BCUT2D eigenvalue weighted by Gasteiger charge is 2.23. The number of hydrogen-bond acceptors (Lipinski definition) is 5. The van der Waals surface area contributed by atoms with Crippen molar-refractivity contribution in [2.24, 2.45) is 0 Å². The van der Waals surface area contributed by atoms with E-state index in [1.54, 1.807) is 4.68 Å². The Morgan fingerprint density at radius 1 is 1.00 bits per heavy atom. The van der Waals surface area contributed by atoms with Gasteiger partial charge in [0, 0.05) is 31.2 Å². The normalized spacial score (nSPS) is 14.9. The van der Waals surface area contributed by atoms with Gasteiger partial charge in [-0.05, 0) is 47.2 Å². The smallest absolute Gasteiger partial charge is 0.227 e. The third-order valence-electron chi connectivity index (χ3n) is 5.17. The maximum absolute atomic E-state index is 12.6. The zero-order valence-electron chi connectivity index (χ0n) is 16.3. The molecule has 1 aliphatic heterocycles. The van der Waals surface area contributed by atoms with E-state index in [9.17, 15) is 4.79 Å². The number of carbonyl (C=O) groups is 1. The molecule has 0 aliphatic carbocycles. The zero-order valence-corrected chi connectivity index (χ0v) is 17.1. The summed E-state index contributed by atoms with van der Waals surface area (Å²) in [5.41, 5.74) is 3.13. The van der Waals surface area contributed by atoms with E-state index in [0.717, 1.165) is 30.2 Å². The molecule has 29 heavy (non-hydrogen) atoms. The van der Waals surface area contributed by atoms with Crippen molar-refractivity contribution >= 4 is 17.5 Å². The molecule has 3 aromatic rings. The molecule has 150 valence electrons. The summed E-state index contributed by atoms with van der Waals surface area (Å²) in [4.78, 5) is 16.8. The predicted octanol–water partition coefficient (Wildman–Crippen LogP) is 2.51.